The van der Waals surface area contributed by atoms with Crippen molar-refractivity contribution in [3.63, 3.8) is 0 Å². The molecule has 17 heavy (non-hydrogen) atoms. The van der Waals surface area contributed by atoms with E-state index in [1.165, 1.54) is 12.0 Å². The van der Waals surface area contributed by atoms with Crippen molar-refractivity contribution in [1.82, 2.24) is 4.90 Å². The van der Waals surface area contributed by atoms with Gasteiger partial charge >= 0.3 is 0 Å². The predicted octanol–water partition coefficient (Wildman–Crippen LogP) is 2.82. The molecule has 1 fully saturated rings. The van der Waals surface area contributed by atoms with Gasteiger partial charge in [0.1, 0.15) is 0 Å². The number of benzene rings is 1. The van der Waals surface area contributed by atoms with Crippen LogP contribution in [0.2, 0.25) is 5.02 Å². The van der Waals surface area contributed by atoms with Crippen LogP contribution in [0.3, 0.4) is 0 Å². The van der Waals surface area contributed by atoms with Crippen molar-refractivity contribution >= 4 is 11.6 Å². The number of nitrogens with two attached hydrogens (primary N) is 1. The van der Waals surface area contributed by atoms with Crippen LogP contribution >= 0.6 is 11.6 Å². The monoisotopic (exact) mass is 252 g/mol. The zero-order valence-electron chi connectivity index (χ0n) is 10.7. The highest BCUT2D eigenvalue weighted by molar-refractivity contribution is 6.31. The van der Waals surface area contributed by atoms with Gasteiger partial charge in [0.25, 0.3) is 0 Å². The minimum atomic E-state index is 0.307. The predicted molar refractivity (Wildman–Crippen MR) is 73.2 cm³/mol. The summed E-state index contributed by atoms with van der Waals surface area (Å²) in [4.78, 5) is 2.48. The van der Waals surface area contributed by atoms with Crippen molar-refractivity contribution in [3.05, 3.63) is 34.3 Å². The Balaban J connectivity index is 2.00. The quantitative estimate of drug-likeness (QED) is 0.897. The highest BCUT2D eigenvalue weighted by Gasteiger charge is 2.32. The lowest BCUT2D eigenvalue weighted by molar-refractivity contribution is 0.274. The van der Waals surface area contributed by atoms with Gasteiger partial charge in [-0.1, -0.05) is 30.7 Å². The second-order valence-electron chi connectivity index (χ2n) is 5.56. The molecular weight excluding hydrogens is 232 g/mol. The van der Waals surface area contributed by atoms with Gasteiger partial charge in [-0.05, 0) is 49.0 Å². The van der Waals surface area contributed by atoms with Gasteiger partial charge in [-0.15, -0.1) is 0 Å². The van der Waals surface area contributed by atoms with Crippen molar-refractivity contribution in [2.24, 2.45) is 11.1 Å². The number of aryl methyl sites for hydroxylation is 1. The Bertz CT molecular complexity index is 405. The van der Waals surface area contributed by atoms with Gasteiger partial charge in [-0.3, -0.25) is 4.90 Å². The Labute approximate surface area is 109 Å². The maximum absolute atomic E-state index is 6.03. The van der Waals surface area contributed by atoms with Gasteiger partial charge in [0.15, 0.2) is 0 Å². The summed E-state index contributed by atoms with van der Waals surface area (Å²) in [6.07, 6.45) is 1.20. The fourth-order valence-corrected chi connectivity index (χ4v) is 2.61. The van der Waals surface area contributed by atoms with Gasteiger partial charge in [0.2, 0.25) is 0 Å². The van der Waals surface area contributed by atoms with E-state index in [9.17, 15) is 0 Å². The first-order chi connectivity index (χ1) is 8.02. The summed E-state index contributed by atoms with van der Waals surface area (Å²) in [7, 11) is 0. The van der Waals surface area contributed by atoms with Crippen LogP contribution in [0.5, 0.6) is 0 Å². The first-order valence-corrected chi connectivity index (χ1v) is 6.58. The summed E-state index contributed by atoms with van der Waals surface area (Å²) < 4.78 is 0. The molecule has 0 aliphatic carbocycles. The molecule has 0 radical (unpaired) electrons. The third kappa shape index (κ3) is 3.01. The van der Waals surface area contributed by atoms with E-state index in [0.29, 0.717) is 5.41 Å². The van der Waals surface area contributed by atoms with Crippen LogP contribution in [0.4, 0.5) is 0 Å². The van der Waals surface area contributed by atoms with Crippen LogP contribution in [0.15, 0.2) is 18.2 Å². The van der Waals surface area contributed by atoms with Crippen LogP contribution in [0, 0.1) is 12.3 Å². The summed E-state index contributed by atoms with van der Waals surface area (Å²) in [6, 6.07) is 6.29. The van der Waals surface area contributed by atoms with E-state index in [1.807, 2.05) is 6.07 Å². The van der Waals surface area contributed by atoms with Crippen molar-refractivity contribution in [2.75, 3.05) is 19.6 Å². The van der Waals surface area contributed by atoms with Crippen LogP contribution < -0.4 is 5.73 Å². The molecule has 1 aliphatic rings. The molecule has 0 bridgehead atoms. The Morgan fingerprint density at radius 2 is 2.24 bits per heavy atom. The van der Waals surface area contributed by atoms with Crippen LogP contribution in [-0.2, 0) is 6.54 Å². The molecule has 0 amide bonds. The van der Waals surface area contributed by atoms with E-state index in [1.54, 1.807) is 0 Å². The Hall–Kier alpha value is -0.570. The first-order valence-electron chi connectivity index (χ1n) is 6.20. The molecule has 1 aromatic rings. The number of hydrogen-bond acceptors (Lipinski definition) is 2. The van der Waals surface area contributed by atoms with E-state index in [-0.39, 0.29) is 0 Å². The highest BCUT2D eigenvalue weighted by Crippen LogP contribution is 2.29. The number of halogens is 1. The fourth-order valence-electron chi connectivity index (χ4n) is 2.49. The molecule has 0 saturated carbocycles. The van der Waals surface area contributed by atoms with Gasteiger partial charge in [-0.25, -0.2) is 0 Å². The Kier molecular flexibility index (Phi) is 3.76. The van der Waals surface area contributed by atoms with Gasteiger partial charge in [-0.2, -0.15) is 0 Å². The molecule has 0 spiro atoms. The zero-order chi connectivity index (χ0) is 12.5. The average molecular weight is 253 g/mol. The lowest BCUT2D eigenvalue weighted by atomic mass is 9.90. The lowest BCUT2D eigenvalue weighted by Gasteiger charge is -2.22. The van der Waals surface area contributed by atoms with Gasteiger partial charge in [0.05, 0.1) is 0 Å². The molecule has 1 aliphatic heterocycles. The van der Waals surface area contributed by atoms with E-state index >= 15 is 0 Å². The fraction of sp³-hybridized carbons (Fsp3) is 0.571. The number of hydrogen-bond donors (Lipinski definition) is 1. The molecule has 2 N–H and O–H groups in total. The maximum atomic E-state index is 6.03. The second-order valence-corrected chi connectivity index (χ2v) is 5.97. The molecule has 2 rings (SSSR count). The Morgan fingerprint density at radius 3 is 2.82 bits per heavy atom. The normalized spacial score (nSPS) is 25.4. The number of nitrogens with zero attached hydrogens (tertiary/aromatic N) is 1. The minimum Gasteiger partial charge on any atom is -0.330 e. The second kappa shape index (κ2) is 4.97. The van der Waals surface area contributed by atoms with E-state index in [0.717, 1.165) is 36.8 Å². The maximum Gasteiger partial charge on any atom is 0.0435 e. The van der Waals surface area contributed by atoms with Crippen LogP contribution in [0.25, 0.3) is 0 Å². The van der Waals surface area contributed by atoms with Crippen LogP contribution in [0.1, 0.15) is 24.5 Å². The molecule has 3 heteroatoms. The minimum absolute atomic E-state index is 0.307. The van der Waals surface area contributed by atoms with Gasteiger partial charge < -0.3 is 5.73 Å². The summed E-state index contributed by atoms with van der Waals surface area (Å²) in [5, 5.41) is 0.849. The van der Waals surface area contributed by atoms with Crippen molar-refractivity contribution in [3.8, 4) is 0 Å². The summed E-state index contributed by atoms with van der Waals surface area (Å²) in [6.45, 7) is 8.37. The first kappa shape index (κ1) is 12.9. The average Bonchev–Trinajstić information content (AvgIpc) is 2.67. The van der Waals surface area contributed by atoms with E-state index < -0.39 is 0 Å². The zero-order valence-corrected chi connectivity index (χ0v) is 11.4. The molecule has 1 heterocycles. The van der Waals surface area contributed by atoms with E-state index in [4.69, 9.17) is 17.3 Å². The molecular formula is C14H21ClN2. The number of likely N-dealkylation sites (tertiary alicyclic amines) is 1. The third-order valence-electron chi connectivity index (χ3n) is 3.76. The standard InChI is InChI=1S/C14H21ClN2/c1-11-7-12(3-4-13(11)15)8-17-6-5-14(2,9-16)10-17/h3-4,7H,5-6,8-10,16H2,1-2H3. The molecule has 1 saturated heterocycles. The van der Waals surface area contributed by atoms with Crippen molar-refractivity contribution in [1.29, 1.82) is 0 Å². The van der Waals surface area contributed by atoms with Crippen molar-refractivity contribution < 1.29 is 0 Å². The molecule has 1 unspecified atom stereocenters. The third-order valence-corrected chi connectivity index (χ3v) is 4.18. The van der Waals surface area contributed by atoms with Gasteiger partial charge in [0, 0.05) is 18.1 Å². The molecule has 1 atom stereocenters. The van der Waals surface area contributed by atoms with Crippen molar-refractivity contribution in [2.45, 2.75) is 26.8 Å². The molecule has 0 aromatic heterocycles. The molecule has 94 valence electrons. The topological polar surface area (TPSA) is 29.3 Å². The summed E-state index contributed by atoms with van der Waals surface area (Å²) in [5.41, 5.74) is 8.63. The van der Waals surface area contributed by atoms with Crippen LogP contribution in [-0.4, -0.2) is 24.5 Å². The largest absolute Gasteiger partial charge is 0.330 e. The van der Waals surface area contributed by atoms with E-state index in [2.05, 4.69) is 30.9 Å². The summed E-state index contributed by atoms with van der Waals surface area (Å²) in [5.74, 6) is 0. The molecule has 2 nitrogen and oxygen atoms in total. The Morgan fingerprint density at radius 1 is 1.47 bits per heavy atom. The lowest BCUT2D eigenvalue weighted by Crippen LogP contribution is -2.31. The molecule has 1 aromatic carbocycles. The SMILES string of the molecule is Cc1cc(CN2CCC(C)(CN)C2)ccc1Cl. The number of rotatable bonds is 3. The summed E-state index contributed by atoms with van der Waals surface area (Å²) >= 11 is 6.03. The highest BCUT2D eigenvalue weighted by atomic mass is 35.5. The smallest absolute Gasteiger partial charge is 0.0435 e.